The van der Waals surface area contributed by atoms with Gasteiger partial charge in [0.1, 0.15) is 0 Å². The van der Waals surface area contributed by atoms with Crippen LogP contribution in [0.4, 0.5) is 5.69 Å². The van der Waals surface area contributed by atoms with Crippen LogP contribution >= 0.6 is 0 Å². The van der Waals surface area contributed by atoms with E-state index in [4.69, 9.17) is 5.26 Å². The molecule has 0 unspecified atom stereocenters. The lowest BCUT2D eigenvalue weighted by atomic mass is 10.1. The molecule has 8 nitrogen and oxygen atoms in total. The fraction of sp³-hybridized carbons (Fsp3) is 0. The number of ketones is 1. The molecular formula is C16H8N4O4. The zero-order chi connectivity index (χ0) is 17.3. The number of nitro benzene ring substituents is 1. The van der Waals surface area contributed by atoms with Crippen LogP contribution in [0.3, 0.4) is 0 Å². The molecule has 1 N–H and O–H groups in total. The van der Waals surface area contributed by atoms with E-state index < -0.39 is 16.3 Å². The van der Waals surface area contributed by atoms with E-state index in [2.05, 4.69) is 9.97 Å². The summed E-state index contributed by atoms with van der Waals surface area (Å²) in [6.07, 6.45) is 0. The molecule has 8 heteroatoms. The minimum absolute atomic E-state index is 0.0283. The average Bonchev–Trinajstić information content (AvgIpc) is 2.60. The average molecular weight is 320 g/mol. The second-order valence-corrected chi connectivity index (χ2v) is 4.89. The van der Waals surface area contributed by atoms with Crippen molar-refractivity contribution in [3.8, 4) is 6.07 Å². The fourth-order valence-corrected chi connectivity index (χ4v) is 2.18. The van der Waals surface area contributed by atoms with Crippen LogP contribution in [-0.4, -0.2) is 20.7 Å². The Labute approximate surface area is 134 Å². The maximum Gasteiger partial charge on any atom is 0.270 e. The highest BCUT2D eigenvalue weighted by molar-refractivity contribution is 6.07. The first-order chi connectivity index (χ1) is 11.5. The maximum atomic E-state index is 12.4. The third-order valence-electron chi connectivity index (χ3n) is 3.39. The lowest BCUT2D eigenvalue weighted by Crippen LogP contribution is -2.16. The quantitative estimate of drug-likeness (QED) is 0.446. The number of nitro groups is 1. The standard InChI is InChI=1S/C16H8N4O4/c17-8-9-1-3-10(4-2-9)14(21)15-18-13-6-5-11(20(23)24)7-12(13)16(22)19-15/h1-7H,(H,18,19,22). The van der Waals surface area contributed by atoms with Crippen molar-refractivity contribution in [2.45, 2.75) is 0 Å². The zero-order valence-corrected chi connectivity index (χ0v) is 12.0. The number of nitriles is 1. The lowest BCUT2D eigenvalue weighted by molar-refractivity contribution is -0.384. The fourth-order valence-electron chi connectivity index (χ4n) is 2.18. The Balaban J connectivity index is 2.08. The first-order valence-corrected chi connectivity index (χ1v) is 6.73. The second kappa shape index (κ2) is 5.73. The topological polar surface area (TPSA) is 130 Å². The third-order valence-corrected chi connectivity index (χ3v) is 3.39. The van der Waals surface area contributed by atoms with E-state index in [1.807, 2.05) is 6.07 Å². The summed E-state index contributed by atoms with van der Waals surface area (Å²) < 4.78 is 0. The Bertz CT molecular complexity index is 1080. The van der Waals surface area contributed by atoms with Crippen molar-refractivity contribution in [3.05, 3.63) is 79.9 Å². The number of carbonyl (C=O) groups is 1. The van der Waals surface area contributed by atoms with Gasteiger partial charge in [-0.3, -0.25) is 19.7 Å². The van der Waals surface area contributed by atoms with Crippen LogP contribution in [0.1, 0.15) is 21.7 Å². The molecule has 1 heterocycles. The summed E-state index contributed by atoms with van der Waals surface area (Å²) in [5.74, 6) is -0.692. The zero-order valence-electron chi connectivity index (χ0n) is 12.0. The second-order valence-electron chi connectivity index (χ2n) is 4.89. The van der Waals surface area contributed by atoms with Crippen LogP contribution in [-0.2, 0) is 0 Å². The molecule has 0 aliphatic carbocycles. The SMILES string of the molecule is N#Cc1ccc(C(=O)c2nc3ccc([N+](=O)[O-])cc3c(=O)[nH]2)cc1. The first-order valence-electron chi connectivity index (χ1n) is 6.73. The van der Waals surface area contributed by atoms with Crippen molar-refractivity contribution >= 4 is 22.4 Å². The Morgan fingerprint density at radius 3 is 2.54 bits per heavy atom. The summed E-state index contributed by atoms with van der Waals surface area (Å²) in [5.41, 5.74) is -0.0276. The van der Waals surface area contributed by atoms with Crippen molar-refractivity contribution < 1.29 is 9.72 Å². The highest BCUT2D eigenvalue weighted by atomic mass is 16.6. The van der Waals surface area contributed by atoms with Gasteiger partial charge in [0.2, 0.25) is 5.78 Å². The summed E-state index contributed by atoms with van der Waals surface area (Å²) in [4.78, 5) is 41.0. The van der Waals surface area contributed by atoms with Gasteiger partial charge in [0.15, 0.2) is 5.82 Å². The monoisotopic (exact) mass is 320 g/mol. The predicted molar refractivity (Wildman–Crippen MR) is 83.6 cm³/mol. The molecule has 3 rings (SSSR count). The van der Waals surface area contributed by atoms with E-state index in [-0.39, 0.29) is 28.0 Å². The molecule has 0 saturated carbocycles. The number of aromatic amines is 1. The van der Waals surface area contributed by atoms with Gasteiger partial charge in [-0.15, -0.1) is 0 Å². The van der Waals surface area contributed by atoms with Gasteiger partial charge in [-0.1, -0.05) is 0 Å². The Morgan fingerprint density at radius 1 is 1.21 bits per heavy atom. The highest BCUT2D eigenvalue weighted by Gasteiger charge is 2.16. The number of H-pyrrole nitrogens is 1. The number of aromatic nitrogens is 2. The Hall–Kier alpha value is -3.86. The molecule has 0 fully saturated rings. The normalized spacial score (nSPS) is 10.3. The van der Waals surface area contributed by atoms with Gasteiger partial charge in [0.05, 0.1) is 27.5 Å². The molecule has 0 bridgehead atoms. The molecule has 2 aromatic carbocycles. The van der Waals surface area contributed by atoms with Crippen LogP contribution in [0.15, 0.2) is 47.3 Å². The summed E-state index contributed by atoms with van der Waals surface area (Å²) >= 11 is 0. The number of nitrogens with one attached hydrogen (secondary N) is 1. The molecule has 0 radical (unpaired) electrons. The minimum atomic E-state index is -0.638. The van der Waals surface area contributed by atoms with Crippen molar-refractivity contribution in [3.63, 3.8) is 0 Å². The Morgan fingerprint density at radius 2 is 1.92 bits per heavy atom. The molecule has 0 aliphatic heterocycles. The van der Waals surface area contributed by atoms with Gasteiger partial charge < -0.3 is 4.98 Å². The van der Waals surface area contributed by atoms with Gasteiger partial charge in [0.25, 0.3) is 11.2 Å². The van der Waals surface area contributed by atoms with E-state index in [0.717, 1.165) is 6.07 Å². The van der Waals surface area contributed by atoms with E-state index in [0.29, 0.717) is 5.56 Å². The lowest BCUT2D eigenvalue weighted by Gasteiger charge is -2.03. The molecule has 0 saturated heterocycles. The number of benzene rings is 2. The van der Waals surface area contributed by atoms with Gasteiger partial charge in [0, 0.05) is 17.7 Å². The van der Waals surface area contributed by atoms with E-state index >= 15 is 0 Å². The predicted octanol–water partition coefficient (Wildman–Crippen LogP) is 1.93. The Kier molecular flexibility index (Phi) is 3.60. The summed E-state index contributed by atoms with van der Waals surface area (Å²) in [7, 11) is 0. The number of hydrogen-bond donors (Lipinski definition) is 1. The number of hydrogen-bond acceptors (Lipinski definition) is 6. The number of carbonyl (C=O) groups excluding carboxylic acids is 1. The van der Waals surface area contributed by atoms with Crippen LogP contribution in [0.5, 0.6) is 0 Å². The van der Waals surface area contributed by atoms with Crippen molar-refractivity contribution in [2.24, 2.45) is 0 Å². The smallest absolute Gasteiger partial charge is 0.270 e. The third kappa shape index (κ3) is 2.62. The molecule has 0 atom stereocenters. The number of rotatable bonds is 3. The largest absolute Gasteiger partial charge is 0.303 e. The van der Waals surface area contributed by atoms with Gasteiger partial charge >= 0.3 is 0 Å². The van der Waals surface area contributed by atoms with Gasteiger partial charge in [-0.25, -0.2) is 4.98 Å². The van der Waals surface area contributed by atoms with Gasteiger partial charge in [-0.05, 0) is 30.3 Å². The summed E-state index contributed by atoms with van der Waals surface area (Å²) in [6.45, 7) is 0. The van der Waals surface area contributed by atoms with Crippen LogP contribution in [0, 0.1) is 21.4 Å². The molecule has 1 aromatic heterocycles. The number of nitrogens with zero attached hydrogens (tertiary/aromatic N) is 3. The number of fused-ring (bicyclic) bond motifs is 1. The van der Waals surface area contributed by atoms with Gasteiger partial charge in [-0.2, -0.15) is 5.26 Å². The molecule has 24 heavy (non-hydrogen) atoms. The summed E-state index contributed by atoms with van der Waals surface area (Å²) in [6, 6.07) is 11.5. The summed E-state index contributed by atoms with van der Waals surface area (Å²) in [5, 5.41) is 19.6. The van der Waals surface area contributed by atoms with E-state index in [1.165, 1.54) is 36.4 Å². The highest BCUT2D eigenvalue weighted by Crippen LogP contribution is 2.17. The van der Waals surface area contributed by atoms with Crippen molar-refractivity contribution in [1.29, 1.82) is 5.26 Å². The van der Waals surface area contributed by atoms with E-state index in [1.54, 1.807) is 0 Å². The minimum Gasteiger partial charge on any atom is -0.303 e. The molecule has 116 valence electrons. The molecule has 0 spiro atoms. The molecule has 3 aromatic rings. The first kappa shape index (κ1) is 15.1. The van der Waals surface area contributed by atoms with E-state index in [9.17, 15) is 19.7 Å². The molecule has 0 amide bonds. The van der Waals surface area contributed by atoms with Crippen molar-refractivity contribution in [2.75, 3.05) is 0 Å². The van der Waals surface area contributed by atoms with Crippen LogP contribution in [0.25, 0.3) is 10.9 Å². The maximum absolute atomic E-state index is 12.4. The molecule has 0 aliphatic rings. The number of non-ortho nitro benzene ring substituents is 1. The van der Waals surface area contributed by atoms with Crippen LogP contribution < -0.4 is 5.56 Å². The van der Waals surface area contributed by atoms with Crippen LogP contribution in [0.2, 0.25) is 0 Å². The van der Waals surface area contributed by atoms with Crippen molar-refractivity contribution in [1.82, 2.24) is 9.97 Å². The molecular weight excluding hydrogens is 312 g/mol.